The number of ether oxygens (including phenoxy) is 2. The molecule has 1 amide bonds. The molecule has 2 aromatic rings. The van der Waals surface area contributed by atoms with Gasteiger partial charge in [0.25, 0.3) is 5.91 Å². The third kappa shape index (κ3) is 7.92. The van der Waals surface area contributed by atoms with Crippen LogP contribution in [0.5, 0.6) is 11.5 Å². The summed E-state index contributed by atoms with van der Waals surface area (Å²) < 4.78 is 42.7. The largest absolute Gasteiger partial charge is 1.00 e. The van der Waals surface area contributed by atoms with E-state index < -0.39 is 15.9 Å². The van der Waals surface area contributed by atoms with Gasteiger partial charge in [-0.05, 0) is 12.1 Å². The molecule has 0 spiro atoms. The first-order chi connectivity index (χ1) is 13.7. The standard InChI is InChI=1S/C18H22N4O6S.Na/c1-22(9-10-29(24,25)26)21-20-15-12-16(27-2)14(11-17(15)28-3)19-18(23)13-7-5-4-6-8-13;/h4-8,11-12H,9-10H2,1-3H3,(H,19,23)(H,24,25,26);/q;+1/p-1. The van der Waals surface area contributed by atoms with E-state index in [1.807, 2.05) is 6.07 Å². The van der Waals surface area contributed by atoms with E-state index in [4.69, 9.17) is 9.47 Å². The first kappa shape index (κ1) is 25.9. The number of hydrogen-bond acceptors (Lipinski definition) is 8. The van der Waals surface area contributed by atoms with Crippen LogP contribution in [0.1, 0.15) is 10.4 Å². The van der Waals surface area contributed by atoms with Gasteiger partial charge in [-0.25, -0.2) is 8.42 Å². The maximum Gasteiger partial charge on any atom is 1.00 e. The molecule has 0 atom stereocenters. The fourth-order valence-electron chi connectivity index (χ4n) is 2.25. The smallest absolute Gasteiger partial charge is 0.748 e. The zero-order chi connectivity index (χ0) is 21.4. The molecule has 10 nitrogen and oxygen atoms in total. The SMILES string of the molecule is COc1cc(NC(=O)c2ccccc2)c(OC)cc1N=NN(C)CCS(=O)(=O)[O-].[Na+]. The van der Waals surface area contributed by atoms with Gasteiger partial charge in [0.05, 0.1) is 42.3 Å². The second-order valence-electron chi connectivity index (χ2n) is 5.88. The van der Waals surface area contributed by atoms with Gasteiger partial charge in [0.15, 0.2) is 0 Å². The van der Waals surface area contributed by atoms with Gasteiger partial charge in [-0.15, -0.1) is 5.11 Å². The van der Waals surface area contributed by atoms with E-state index >= 15 is 0 Å². The molecular formula is C18H21N4NaO6S. The minimum Gasteiger partial charge on any atom is -0.748 e. The van der Waals surface area contributed by atoms with Crippen LogP contribution in [0.2, 0.25) is 0 Å². The fourth-order valence-corrected chi connectivity index (χ4v) is 2.74. The summed E-state index contributed by atoms with van der Waals surface area (Å²) >= 11 is 0. The number of benzene rings is 2. The molecule has 0 radical (unpaired) electrons. The molecular weight excluding hydrogens is 423 g/mol. The summed E-state index contributed by atoms with van der Waals surface area (Å²) in [5, 5.41) is 11.8. The Morgan fingerprint density at radius 1 is 1.13 bits per heavy atom. The molecule has 0 heterocycles. The van der Waals surface area contributed by atoms with Gasteiger partial charge in [0.2, 0.25) is 0 Å². The van der Waals surface area contributed by atoms with Crippen LogP contribution in [-0.2, 0) is 10.1 Å². The number of hydrogen-bond donors (Lipinski definition) is 1. The molecule has 0 aliphatic carbocycles. The number of carbonyl (C=O) groups excluding carboxylic acids is 1. The Morgan fingerprint density at radius 2 is 1.77 bits per heavy atom. The molecule has 2 aromatic carbocycles. The van der Waals surface area contributed by atoms with Crippen molar-refractivity contribution in [3.63, 3.8) is 0 Å². The third-order valence-corrected chi connectivity index (χ3v) is 4.44. The molecule has 0 saturated carbocycles. The van der Waals surface area contributed by atoms with Gasteiger partial charge in [0, 0.05) is 24.7 Å². The van der Waals surface area contributed by atoms with Crippen molar-refractivity contribution in [3.05, 3.63) is 48.0 Å². The number of carbonyl (C=O) groups is 1. The van der Waals surface area contributed by atoms with E-state index in [-0.39, 0.29) is 42.0 Å². The van der Waals surface area contributed by atoms with Gasteiger partial charge in [-0.1, -0.05) is 23.4 Å². The summed E-state index contributed by atoms with van der Waals surface area (Å²) in [5.41, 5.74) is 1.15. The molecule has 0 bridgehead atoms. The van der Waals surface area contributed by atoms with Gasteiger partial charge >= 0.3 is 29.6 Å². The minimum absolute atomic E-state index is 0. The molecule has 0 aromatic heterocycles. The van der Waals surface area contributed by atoms with E-state index in [1.54, 1.807) is 24.3 Å². The maximum absolute atomic E-state index is 12.4. The van der Waals surface area contributed by atoms with Gasteiger partial charge in [-0.3, -0.25) is 9.80 Å². The molecule has 1 N–H and O–H groups in total. The third-order valence-electron chi connectivity index (χ3n) is 3.76. The summed E-state index contributed by atoms with van der Waals surface area (Å²) in [5.74, 6) is -0.275. The Bertz CT molecular complexity index is 986. The Kier molecular flexibility index (Phi) is 10.2. The predicted molar refractivity (Wildman–Crippen MR) is 106 cm³/mol. The Morgan fingerprint density at radius 3 is 2.33 bits per heavy atom. The normalized spacial score (nSPS) is 10.9. The zero-order valence-corrected chi connectivity index (χ0v) is 20.0. The molecule has 0 fully saturated rings. The van der Waals surface area contributed by atoms with Crippen molar-refractivity contribution in [2.24, 2.45) is 10.3 Å². The molecule has 156 valence electrons. The molecule has 0 saturated heterocycles. The Hall–Kier alpha value is -2.18. The van der Waals surface area contributed by atoms with Gasteiger partial charge < -0.3 is 19.3 Å². The first-order valence-corrected chi connectivity index (χ1v) is 10.00. The van der Waals surface area contributed by atoms with Gasteiger partial charge in [0.1, 0.15) is 17.2 Å². The number of nitrogens with one attached hydrogen (secondary N) is 1. The molecule has 2 rings (SSSR count). The number of nitrogens with zero attached hydrogens (tertiary/aromatic N) is 3. The summed E-state index contributed by atoms with van der Waals surface area (Å²) in [7, 11) is -0.000394. The second kappa shape index (κ2) is 11.9. The van der Waals surface area contributed by atoms with E-state index in [9.17, 15) is 17.8 Å². The van der Waals surface area contributed by atoms with Gasteiger partial charge in [-0.2, -0.15) is 0 Å². The monoisotopic (exact) mass is 444 g/mol. The zero-order valence-electron chi connectivity index (χ0n) is 17.2. The van der Waals surface area contributed by atoms with Crippen LogP contribution in [-0.4, -0.2) is 57.5 Å². The fraction of sp³-hybridized carbons (Fsp3) is 0.278. The second-order valence-corrected chi connectivity index (χ2v) is 7.40. The van der Waals surface area contributed by atoms with E-state index in [0.29, 0.717) is 28.4 Å². The quantitative estimate of drug-likeness (QED) is 0.237. The molecule has 12 heteroatoms. The van der Waals surface area contributed by atoms with E-state index in [0.717, 1.165) is 0 Å². The molecule has 30 heavy (non-hydrogen) atoms. The Labute approximate surface area is 197 Å². The van der Waals surface area contributed by atoms with Crippen molar-refractivity contribution in [1.82, 2.24) is 5.01 Å². The van der Waals surface area contributed by atoms with E-state index in [1.165, 1.54) is 38.4 Å². The van der Waals surface area contributed by atoms with E-state index in [2.05, 4.69) is 15.7 Å². The van der Waals surface area contributed by atoms with Crippen molar-refractivity contribution in [1.29, 1.82) is 0 Å². The maximum atomic E-state index is 12.4. The predicted octanol–water partition coefficient (Wildman–Crippen LogP) is -0.564. The average Bonchev–Trinajstić information content (AvgIpc) is 2.70. The van der Waals surface area contributed by atoms with Crippen LogP contribution >= 0.6 is 0 Å². The number of amides is 1. The first-order valence-electron chi connectivity index (χ1n) is 8.42. The van der Waals surface area contributed by atoms with Crippen molar-refractivity contribution in [3.8, 4) is 11.5 Å². The number of methoxy groups -OCH3 is 2. The molecule has 0 aliphatic heterocycles. The summed E-state index contributed by atoms with van der Waals surface area (Å²) in [6.45, 7) is -0.111. The number of rotatable bonds is 9. The van der Waals surface area contributed by atoms with Crippen LogP contribution in [0.4, 0.5) is 11.4 Å². The van der Waals surface area contributed by atoms with Crippen LogP contribution in [0.25, 0.3) is 0 Å². The molecule has 0 aliphatic rings. The van der Waals surface area contributed by atoms with Crippen molar-refractivity contribution in [2.45, 2.75) is 0 Å². The van der Waals surface area contributed by atoms with Crippen LogP contribution in [0.15, 0.2) is 52.8 Å². The van der Waals surface area contributed by atoms with Crippen molar-refractivity contribution >= 4 is 27.4 Å². The molecule has 0 unspecified atom stereocenters. The van der Waals surface area contributed by atoms with Crippen molar-refractivity contribution < 1.29 is 56.8 Å². The van der Waals surface area contributed by atoms with Crippen LogP contribution in [0.3, 0.4) is 0 Å². The topological polar surface area (TPSA) is 133 Å². The van der Waals surface area contributed by atoms with Crippen LogP contribution < -0.4 is 44.3 Å². The average molecular weight is 444 g/mol. The number of anilines is 1. The van der Waals surface area contributed by atoms with Crippen molar-refractivity contribution in [2.75, 3.05) is 38.9 Å². The summed E-state index contributed by atoms with van der Waals surface area (Å²) in [6.07, 6.45) is 0. The summed E-state index contributed by atoms with van der Waals surface area (Å²) in [6, 6.07) is 11.7. The van der Waals surface area contributed by atoms with Crippen LogP contribution in [0, 0.1) is 0 Å². The minimum atomic E-state index is -4.34. The summed E-state index contributed by atoms with van der Waals surface area (Å²) in [4.78, 5) is 12.4. The Balaban J connectivity index is 0.00000450.